The summed E-state index contributed by atoms with van der Waals surface area (Å²) in [6.45, 7) is 2.18. The van der Waals surface area contributed by atoms with E-state index < -0.39 is 0 Å². The molecule has 0 saturated carbocycles. The summed E-state index contributed by atoms with van der Waals surface area (Å²) in [6.07, 6.45) is 3.88. The Kier molecular flexibility index (Phi) is 5.11. The van der Waals surface area contributed by atoms with E-state index in [9.17, 15) is 4.39 Å². The fraction of sp³-hybridized carbons (Fsp3) is 0.500. The van der Waals surface area contributed by atoms with E-state index in [4.69, 9.17) is 11.6 Å². The van der Waals surface area contributed by atoms with Crippen LogP contribution in [0.2, 0.25) is 0 Å². The Hall–Kier alpha value is -0.740. The quantitative estimate of drug-likeness (QED) is 0.741. The summed E-state index contributed by atoms with van der Waals surface area (Å²) < 4.78 is 15.5. The molecule has 1 atom stereocenters. The van der Waals surface area contributed by atoms with Gasteiger partial charge in [-0.3, -0.25) is 0 Å². The summed E-state index contributed by atoms with van der Waals surface area (Å²) >= 11 is 7.68. The van der Waals surface area contributed by atoms with Crippen molar-refractivity contribution in [1.29, 1.82) is 0 Å². The van der Waals surface area contributed by atoms with Crippen molar-refractivity contribution in [2.45, 2.75) is 25.8 Å². The van der Waals surface area contributed by atoms with Crippen molar-refractivity contribution >= 4 is 34.4 Å². The molecule has 0 amide bonds. The number of benzene rings is 1. The van der Waals surface area contributed by atoms with Crippen molar-refractivity contribution in [2.75, 3.05) is 17.9 Å². The SMILES string of the molecule is CSCCC(C)n1c(CCCl)nc2cc(F)ccc21. The van der Waals surface area contributed by atoms with Gasteiger partial charge in [0.1, 0.15) is 11.6 Å². The van der Waals surface area contributed by atoms with Crippen molar-refractivity contribution < 1.29 is 4.39 Å². The highest BCUT2D eigenvalue weighted by atomic mass is 35.5. The number of halogens is 2. The Balaban J connectivity index is 2.45. The van der Waals surface area contributed by atoms with Gasteiger partial charge in [-0.25, -0.2) is 9.37 Å². The minimum absolute atomic E-state index is 0.244. The van der Waals surface area contributed by atoms with Gasteiger partial charge in [0.05, 0.1) is 11.0 Å². The Bertz CT molecular complexity index is 556. The average Bonchev–Trinajstić information content (AvgIpc) is 2.73. The molecule has 0 aliphatic rings. The predicted octanol–water partition coefficient (Wildman–Crippen LogP) is 4.27. The lowest BCUT2D eigenvalue weighted by atomic mass is 10.2. The molecule has 5 heteroatoms. The van der Waals surface area contributed by atoms with Gasteiger partial charge in [0.25, 0.3) is 0 Å². The first-order valence-corrected chi connectivity index (χ1v) is 8.31. The van der Waals surface area contributed by atoms with Crippen molar-refractivity contribution in [3.8, 4) is 0 Å². The van der Waals surface area contributed by atoms with E-state index in [2.05, 4.69) is 22.7 Å². The third-order valence-electron chi connectivity index (χ3n) is 3.22. The molecule has 0 aliphatic carbocycles. The molecule has 2 nitrogen and oxygen atoms in total. The molecular weight excluding hydrogens is 283 g/mol. The van der Waals surface area contributed by atoms with Crippen LogP contribution in [0.3, 0.4) is 0 Å². The van der Waals surface area contributed by atoms with Gasteiger partial charge in [0, 0.05) is 24.4 Å². The molecule has 2 rings (SSSR count). The normalized spacial score (nSPS) is 13.1. The van der Waals surface area contributed by atoms with Crippen LogP contribution in [0.25, 0.3) is 11.0 Å². The zero-order chi connectivity index (χ0) is 13.8. The number of imidazole rings is 1. The van der Waals surface area contributed by atoms with Crippen molar-refractivity contribution in [3.63, 3.8) is 0 Å². The monoisotopic (exact) mass is 300 g/mol. The molecule has 1 aromatic carbocycles. The maximum absolute atomic E-state index is 13.3. The highest BCUT2D eigenvalue weighted by molar-refractivity contribution is 7.98. The molecule has 0 bridgehead atoms. The van der Waals surface area contributed by atoms with Crippen molar-refractivity contribution in [2.24, 2.45) is 0 Å². The van der Waals surface area contributed by atoms with Crippen LogP contribution in [0.1, 0.15) is 25.2 Å². The van der Waals surface area contributed by atoms with Gasteiger partial charge in [0.15, 0.2) is 0 Å². The lowest BCUT2D eigenvalue weighted by Gasteiger charge is -2.17. The molecule has 0 N–H and O–H groups in total. The summed E-state index contributed by atoms with van der Waals surface area (Å²) in [5.41, 5.74) is 1.71. The second-order valence-electron chi connectivity index (χ2n) is 4.60. The number of aromatic nitrogens is 2. The maximum atomic E-state index is 13.3. The molecule has 0 saturated heterocycles. The molecule has 2 aromatic rings. The van der Waals surface area contributed by atoms with E-state index in [-0.39, 0.29) is 5.82 Å². The topological polar surface area (TPSA) is 17.8 Å². The standard InChI is InChI=1S/C14H18ClFN2S/c1-10(6-8-19-2)18-13-4-3-11(16)9-12(13)17-14(18)5-7-15/h3-4,9-10H,5-8H2,1-2H3. The number of fused-ring (bicyclic) bond motifs is 1. The van der Waals surface area contributed by atoms with E-state index in [1.165, 1.54) is 12.1 Å². The lowest BCUT2D eigenvalue weighted by Crippen LogP contribution is -2.10. The number of aryl methyl sites for hydroxylation is 1. The summed E-state index contributed by atoms with van der Waals surface area (Å²) in [6, 6.07) is 5.14. The minimum atomic E-state index is -0.244. The van der Waals surface area contributed by atoms with Crippen molar-refractivity contribution in [1.82, 2.24) is 9.55 Å². The van der Waals surface area contributed by atoms with Gasteiger partial charge < -0.3 is 4.57 Å². The van der Waals surface area contributed by atoms with Crippen molar-refractivity contribution in [3.05, 3.63) is 29.8 Å². The maximum Gasteiger partial charge on any atom is 0.125 e. The van der Waals surface area contributed by atoms with Crippen LogP contribution in [0.15, 0.2) is 18.2 Å². The summed E-state index contributed by atoms with van der Waals surface area (Å²) in [4.78, 5) is 4.52. The van der Waals surface area contributed by atoms with Crippen LogP contribution in [0.4, 0.5) is 4.39 Å². The number of alkyl halides is 1. The van der Waals surface area contributed by atoms with Gasteiger partial charge in [-0.1, -0.05) is 0 Å². The van der Waals surface area contributed by atoms with E-state index in [1.807, 2.05) is 17.8 Å². The number of nitrogens with zero attached hydrogens (tertiary/aromatic N) is 2. The first kappa shape index (κ1) is 14.7. The average molecular weight is 301 g/mol. The van der Waals surface area contributed by atoms with E-state index in [0.717, 1.165) is 29.0 Å². The summed E-state index contributed by atoms with van der Waals surface area (Å²) in [5.74, 6) is 2.33. The number of rotatable bonds is 6. The molecule has 104 valence electrons. The minimum Gasteiger partial charge on any atom is -0.325 e. The van der Waals surface area contributed by atoms with E-state index in [1.54, 1.807) is 0 Å². The lowest BCUT2D eigenvalue weighted by molar-refractivity contribution is 0.528. The second kappa shape index (κ2) is 6.62. The zero-order valence-corrected chi connectivity index (χ0v) is 12.8. The Labute approximate surface area is 122 Å². The zero-order valence-electron chi connectivity index (χ0n) is 11.2. The van der Waals surface area contributed by atoms with Gasteiger partial charge in [-0.2, -0.15) is 11.8 Å². The fourth-order valence-electron chi connectivity index (χ4n) is 2.29. The summed E-state index contributed by atoms with van der Waals surface area (Å²) in [5, 5.41) is 0. The smallest absolute Gasteiger partial charge is 0.125 e. The molecule has 1 unspecified atom stereocenters. The molecule has 0 spiro atoms. The highest BCUT2D eigenvalue weighted by Crippen LogP contribution is 2.25. The van der Waals surface area contributed by atoms with E-state index in [0.29, 0.717) is 18.3 Å². The molecule has 1 aromatic heterocycles. The van der Waals surface area contributed by atoms with Gasteiger partial charge in [-0.15, -0.1) is 11.6 Å². The van der Waals surface area contributed by atoms with Crippen LogP contribution < -0.4 is 0 Å². The first-order valence-electron chi connectivity index (χ1n) is 6.38. The number of thioether (sulfide) groups is 1. The molecule has 0 fully saturated rings. The molecule has 19 heavy (non-hydrogen) atoms. The van der Waals surface area contributed by atoms with Crippen LogP contribution in [-0.4, -0.2) is 27.4 Å². The van der Waals surface area contributed by atoms with Gasteiger partial charge in [0.2, 0.25) is 0 Å². The summed E-state index contributed by atoms with van der Waals surface area (Å²) in [7, 11) is 0. The van der Waals surface area contributed by atoms with Crippen LogP contribution in [-0.2, 0) is 6.42 Å². The van der Waals surface area contributed by atoms with Crippen LogP contribution in [0.5, 0.6) is 0 Å². The van der Waals surface area contributed by atoms with E-state index >= 15 is 0 Å². The fourth-order valence-corrected chi connectivity index (χ4v) is 3.04. The molecule has 1 heterocycles. The van der Waals surface area contributed by atoms with Gasteiger partial charge in [-0.05, 0) is 37.5 Å². The highest BCUT2D eigenvalue weighted by Gasteiger charge is 2.15. The predicted molar refractivity (Wildman–Crippen MR) is 81.8 cm³/mol. The molecular formula is C14H18ClFN2S. The van der Waals surface area contributed by atoms with Crippen LogP contribution >= 0.6 is 23.4 Å². The van der Waals surface area contributed by atoms with Crippen LogP contribution in [0, 0.1) is 5.82 Å². The molecule has 0 aliphatic heterocycles. The Morgan fingerprint density at radius 2 is 2.26 bits per heavy atom. The Morgan fingerprint density at radius 3 is 2.95 bits per heavy atom. The Morgan fingerprint density at radius 1 is 1.47 bits per heavy atom. The molecule has 0 radical (unpaired) electrons. The van der Waals surface area contributed by atoms with Gasteiger partial charge >= 0.3 is 0 Å². The largest absolute Gasteiger partial charge is 0.325 e. The third kappa shape index (κ3) is 3.23. The second-order valence-corrected chi connectivity index (χ2v) is 5.96. The number of hydrogen-bond acceptors (Lipinski definition) is 2. The number of hydrogen-bond donors (Lipinski definition) is 0. The first-order chi connectivity index (χ1) is 9.17. The third-order valence-corrected chi connectivity index (χ3v) is 4.06.